The van der Waals surface area contributed by atoms with E-state index in [4.69, 9.17) is 9.47 Å². The normalized spacial score (nSPS) is 17.4. The molecule has 1 heterocycles. The molecule has 16 heavy (non-hydrogen) atoms. The van der Waals surface area contributed by atoms with Gasteiger partial charge in [0.15, 0.2) is 11.5 Å². The number of benzene rings is 1. The lowest BCUT2D eigenvalue weighted by molar-refractivity contribution is 0.355. The molecular weight excluding hydrogens is 226 g/mol. The second-order valence-corrected chi connectivity index (χ2v) is 6.21. The monoisotopic (exact) mass is 241 g/mol. The highest BCUT2D eigenvalue weighted by Gasteiger charge is 2.19. The molecule has 0 aliphatic carbocycles. The summed E-state index contributed by atoms with van der Waals surface area (Å²) in [5.41, 5.74) is 0.697. The van der Waals surface area contributed by atoms with Crippen molar-refractivity contribution in [1.29, 1.82) is 0 Å². The van der Waals surface area contributed by atoms with Crippen LogP contribution in [0.25, 0.3) is 0 Å². The molecule has 1 aliphatic rings. The lowest BCUT2D eigenvalue weighted by atomic mass is 10.3. The molecule has 0 radical (unpaired) electrons. The largest absolute Gasteiger partial charge is 0.493 e. The number of rotatable bonds is 3. The van der Waals surface area contributed by atoms with Gasteiger partial charge in [-0.05, 0) is 18.6 Å². The average molecular weight is 241 g/mol. The van der Waals surface area contributed by atoms with Crippen molar-refractivity contribution in [2.45, 2.75) is 6.42 Å². The fourth-order valence-electron chi connectivity index (χ4n) is 1.56. The van der Waals surface area contributed by atoms with Gasteiger partial charge in [-0.15, -0.1) is 0 Å². The Morgan fingerprint density at radius 3 is 2.38 bits per heavy atom. The maximum atomic E-state index is 11.9. The molecular formula is C11H15NO3S. The van der Waals surface area contributed by atoms with Crippen LogP contribution in [-0.2, 0) is 9.73 Å². The minimum atomic E-state index is -1.96. The number of ether oxygens (including phenoxy) is 2. The zero-order valence-electron chi connectivity index (χ0n) is 9.43. The van der Waals surface area contributed by atoms with Crippen LogP contribution in [0, 0.1) is 0 Å². The van der Waals surface area contributed by atoms with Crippen LogP contribution in [0.1, 0.15) is 6.42 Å². The minimum absolute atomic E-state index is 0.617. The Morgan fingerprint density at radius 1 is 1.19 bits per heavy atom. The highest BCUT2D eigenvalue weighted by Crippen LogP contribution is 2.32. The van der Waals surface area contributed by atoms with E-state index in [0.717, 1.165) is 6.42 Å². The zero-order valence-corrected chi connectivity index (χ0v) is 10.3. The highest BCUT2D eigenvalue weighted by atomic mass is 32.2. The van der Waals surface area contributed by atoms with E-state index in [-0.39, 0.29) is 0 Å². The Balaban J connectivity index is 2.37. The molecule has 1 aromatic rings. The number of nitrogens with zero attached hydrogens (tertiary/aromatic N) is 1. The van der Waals surface area contributed by atoms with Gasteiger partial charge in [-0.3, -0.25) is 0 Å². The SMILES string of the molecule is COc1ccc(N=S2(=O)CCC2)cc1OC. The van der Waals surface area contributed by atoms with E-state index in [0.29, 0.717) is 28.7 Å². The molecule has 0 saturated carbocycles. The first-order valence-corrected chi connectivity index (χ1v) is 6.97. The molecule has 0 N–H and O–H groups in total. The van der Waals surface area contributed by atoms with Crippen molar-refractivity contribution in [1.82, 2.24) is 0 Å². The van der Waals surface area contributed by atoms with Crippen molar-refractivity contribution in [3.05, 3.63) is 18.2 Å². The van der Waals surface area contributed by atoms with Gasteiger partial charge in [-0.25, -0.2) is 4.21 Å². The van der Waals surface area contributed by atoms with Crippen LogP contribution >= 0.6 is 0 Å². The third-order valence-electron chi connectivity index (χ3n) is 2.57. The zero-order chi connectivity index (χ0) is 11.6. The molecule has 0 spiro atoms. The first-order chi connectivity index (χ1) is 7.67. The average Bonchev–Trinajstić information content (AvgIpc) is 2.26. The summed E-state index contributed by atoms with van der Waals surface area (Å²) in [6.45, 7) is 0. The van der Waals surface area contributed by atoms with Crippen molar-refractivity contribution >= 4 is 15.4 Å². The van der Waals surface area contributed by atoms with E-state index in [9.17, 15) is 4.21 Å². The molecule has 0 atom stereocenters. The number of methoxy groups -OCH3 is 2. The second-order valence-electron chi connectivity index (χ2n) is 3.66. The van der Waals surface area contributed by atoms with Gasteiger partial charge in [-0.1, -0.05) is 0 Å². The molecule has 0 aromatic heterocycles. The van der Waals surface area contributed by atoms with Crippen LogP contribution in [0.4, 0.5) is 5.69 Å². The molecule has 0 bridgehead atoms. The van der Waals surface area contributed by atoms with Crippen LogP contribution in [0.2, 0.25) is 0 Å². The van der Waals surface area contributed by atoms with Crippen LogP contribution in [-0.4, -0.2) is 29.9 Å². The summed E-state index contributed by atoms with van der Waals surface area (Å²) >= 11 is 0. The highest BCUT2D eigenvalue weighted by molar-refractivity contribution is 7.95. The van der Waals surface area contributed by atoms with E-state index < -0.39 is 9.73 Å². The fraction of sp³-hybridized carbons (Fsp3) is 0.455. The van der Waals surface area contributed by atoms with Gasteiger partial charge < -0.3 is 9.47 Å². The third-order valence-corrected chi connectivity index (χ3v) is 4.96. The predicted octanol–water partition coefficient (Wildman–Crippen LogP) is 2.21. The maximum Gasteiger partial charge on any atom is 0.162 e. The Kier molecular flexibility index (Phi) is 3.05. The number of hydrogen-bond acceptors (Lipinski definition) is 4. The molecule has 1 aromatic carbocycles. The van der Waals surface area contributed by atoms with Gasteiger partial charge in [0.25, 0.3) is 0 Å². The first-order valence-electron chi connectivity index (χ1n) is 5.11. The Hall–Kier alpha value is -1.23. The van der Waals surface area contributed by atoms with Gasteiger partial charge in [0.2, 0.25) is 0 Å². The van der Waals surface area contributed by atoms with Crippen LogP contribution in [0.3, 0.4) is 0 Å². The summed E-state index contributed by atoms with van der Waals surface area (Å²) in [6, 6.07) is 5.33. The Morgan fingerprint density at radius 2 is 1.88 bits per heavy atom. The van der Waals surface area contributed by atoms with Gasteiger partial charge >= 0.3 is 0 Å². The molecule has 1 saturated heterocycles. The molecule has 4 nitrogen and oxygen atoms in total. The topological polar surface area (TPSA) is 47.9 Å². The van der Waals surface area contributed by atoms with Crippen LogP contribution < -0.4 is 9.47 Å². The van der Waals surface area contributed by atoms with Crippen molar-refractivity contribution in [2.75, 3.05) is 25.7 Å². The van der Waals surface area contributed by atoms with Crippen molar-refractivity contribution in [3.63, 3.8) is 0 Å². The van der Waals surface area contributed by atoms with Gasteiger partial charge in [0.1, 0.15) is 0 Å². The summed E-state index contributed by atoms with van der Waals surface area (Å²) in [7, 11) is 1.20. The predicted molar refractivity (Wildman–Crippen MR) is 64.1 cm³/mol. The first kappa shape index (κ1) is 11.3. The number of hydrogen-bond donors (Lipinski definition) is 0. The molecule has 0 unspecified atom stereocenters. The maximum absolute atomic E-state index is 11.9. The van der Waals surface area contributed by atoms with E-state index >= 15 is 0 Å². The summed E-state index contributed by atoms with van der Waals surface area (Å²) in [4.78, 5) is 0. The summed E-state index contributed by atoms with van der Waals surface area (Å²) in [5.74, 6) is 2.69. The van der Waals surface area contributed by atoms with Gasteiger partial charge in [0.05, 0.1) is 29.6 Å². The smallest absolute Gasteiger partial charge is 0.162 e. The fourth-order valence-corrected chi connectivity index (χ4v) is 3.02. The molecule has 0 amide bonds. The Bertz CT molecular complexity index is 494. The lowest BCUT2D eigenvalue weighted by Gasteiger charge is -2.18. The summed E-state index contributed by atoms with van der Waals surface area (Å²) in [6.07, 6.45) is 1.01. The van der Waals surface area contributed by atoms with Crippen LogP contribution in [0.15, 0.2) is 22.6 Å². The Labute approximate surface area is 95.8 Å². The van der Waals surface area contributed by atoms with Gasteiger partial charge in [0, 0.05) is 17.6 Å². The second kappa shape index (κ2) is 4.33. The minimum Gasteiger partial charge on any atom is -0.493 e. The molecule has 5 heteroatoms. The van der Waals surface area contributed by atoms with E-state index in [1.165, 1.54) is 0 Å². The summed E-state index contributed by atoms with van der Waals surface area (Å²) in [5, 5.41) is 0. The summed E-state index contributed by atoms with van der Waals surface area (Å²) < 4.78 is 26.5. The van der Waals surface area contributed by atoms with Crippen molar-refractivity contribution < 1.29 is 13.7 Å². The molecule has 1 fully saturated rings. The molecule has 1 aliphatic heterocycles. The van der Waals surface area contributed by atoms with Crippen molar-refractivity contribution in [3.8, 4) is 11.5 Å². The lowest BCUT2D eigenvalue weighted by Crippen LogP contribution is -2.22. The van der Waals surface area contributed by atoms with Crippen LogP contribution in [0.5, 0.6) is 11.5 Å². The van der Waals surface area contributed by atoms with E-state index in [2.05, 4.69) is 4.36 Å². The van der Waals surface area contributed by atoms with Gasteiger partial charge in [-0.2, -0.15) is 4.36 Å². The van der Waals surface area contributed by atoms with E-state index in [1.54, 1.807) is 32.4 Å². The van der Waals surface area contributed by atoms with E-state index in [1.807, 2.05) is 0 Å². The third kappa shape index (κ3) is 2.14. The quantitative estimate of drug-likeness (QED) is 0.815. The molecule has 2 rings (SSSR count). The standard InChI is InChI=1S/C11H15NO3S/c1-14-10-5-4-9(8-11(10)15-2)12-16(13)6-3-7-16/h4-5,8H,3,6-7H2,1-2H3. The van der Waals surface area contributed by atoms with Crippen molar-refractivity contribution in [2.24, 2.45) is 4.36 Å². The molecule has 88 valence electrons.